The fraction of sp³-hybridized carbons (Fsp3) is 0.406. The van der Waals surface area contributed by atoms with Crippen molar-refractivity contribution in [2.75, 3.05) is 31.6 Å². The van der Waals surface area contributed by atoms with Gasteiger partial charge in [-0.3, -0.25) is 9.69 Å². The number of anilines is 1. The highest BCUT2D eigenvalue weighted by atomic mass is 19.2. The predicted octanol–water partition coefficient (Wildman–Crippen LogP) is 5.97. The third kappa shape index (κ3) is 4.77. The molecule has 3 fully saturated rings. The number of amides is 1. The molecule has 7 rings (SSSR count). The van der Waals surface area contributed by atoms with E-state index in [1.54, 1.807) is 31.6 Å². The molecule has 0 unspecified atom stereocenters. The van der Waals surface area contributed by atoms with Crippen LogP contribution in [0.3, 0.4) is 0 Å². The molecule has 4 aromatic rings. The number of ether oxygens (including phenoxy) is 1. The smallest absolute Gasteiger partial charge is 0.256 e. The van der Waals surface area contributed by atoms with E-state index in [2.05, 4.69) is 30.1 Å². The second-order valence-corrected chi connectivity index (χ2v) is 11.9. The number of nitrogens with zero attached hydrogens (tertiary/aromatic N) is 4. The van der Waals surface area contributed by atoms with Crippen molar-refractivity contribution >= 4 is 22.8 Å². The topological polar surface area (TPSA) is 86.4 Å². The summed E-state index contributed by atoms with van der Waals surface area (Å²) < 4.78 is 34.7. The number of fused-ring (bicyclic) bond motifs is 1. The highest BCUT2D eigenvalue weighted by molar-refractivity contribution is 5.97. The van der Waals surface area contributed by atoms with Crippen molar-refractivity contribution in [3.63, 3.8) is 0 Å². The number of halogens is 2. The molecular formula is C32H34F2N6O2. The zero-order valence-electron chi connectivity index (χ0n) is 23.6. The first-order chi connectivity index (χ1) is 20.4. The van der Waals surface area contributed by atoms with Gasteiger partial charge in [0.05, 0.1) is 6.20 Å². The van der Waals surface area contributed by atoms with Crippen LogP contribution >= 0.6 is 0 Å². The van der Waals surface area contributed by atoms with Crippen LogP contribution in [0.25, 0.3) is 11.0 Å². The molecule has 1 aliphatic carbocycles. The van der Waals surface area contributed by atoms with E-state index in [1.165, 1.54) is 6.07 Å². The molecule has 2 aliphatic heterocycles. The van der Waals surface area contributed by atoms with E-state index in [4.69, 9.17) is 4.74 Å². The molecule has 10 heteroatoms. The Morgan fingerprint density at radius 2 is 1.93 bits per heavy atom. The molecule has 2 N–H and O–H groups in total. The second-order valence-electron chi connectivity index (χ2n) is 11.9. The Morgan fingerprint density at radius 1 is 1.10 bits per heavy atom. The van der Waals surface area contributed by atoms with Crippen LogP contribution in [0.2, 0.25) is 0 Å². The summed E-state index contributed by atoms with van der Waals surface area (Å²) in [6, 6.07) is 10.6. The first-order valence-electron chi connectivity index (χ1n) is 14.7. The summed E-state index contributed by atoms with van der Waals surface area (Å²) in [6.45, 7) is 2.65. The average molecular weight is 573 g/mol. The van der Waals surface area contributed by atoms with E-state index in [9.17, 15) is 13.6 Å². The maximum Gasteiger partial charge on any atom is 0.256 e. The fourth-order valence-corrected chi connectivity index (χ4v) is 7.22. The highest BCUT2D eigenvalue weighted by Crippen LogP contribution is 2.54. The van der Waals surface area contributed by atoms with Gasteiger partial charge in [-0.25, -0.2) is 18.7 Å². The van der Waals surface area contributed by atoms with Gasteiger partial charge in [-0.2, -0.15) is 0 Å². The Hall–Kier alpha value is -4.05. The maximum absolute atomic E-state index is 14.6. The van der Waals surface area contributed by atoms with Crippen molar-refractivity contribution in [3.05, 3.63) is 77.8 Å². The Labute approximate surface area is 243 Å². The largest absolute Gasteiger partial charge is 0.455 e. The lowest BCUT2D eigenvalue weighted by Gasteiger charge is -2.55. The van der Waals surface area contributed by atoms with E-state index in [-0.39, 0.29) is 17.4 Å². The van der Waals surface area contributed by atoms with Gasteiger partial charge in [0.2, 0.25) is 0 Å². The minimum Gasteiger partial charge on any atom is -0.455 e. The third-order valence-corrected chi connectivity index (χ3v) is 9.52. The van der Waals surface area contributed by atoms with Crippen molar-refractivity contribution < 1.29 is 18.3 Å². The fourth-order valence-electron chi connectivity index (χ4n) is 7.22. The van der Waals surface area contributed by atoms with E-state index in [0.29, 0.717) is 28.7 Å². The first kappa shape index (κ1) is 26.8. The second kappa shape index (κ2) is 10.7. The number of rotatable bonds is 6. The van der Waals surface area contributed by atoms with Gasteiger partial charge in [0.1, 0.15) is 28.5 Å². The number of piperidine rings is 1. The molecule has 3 aliphatic rings. The molecule has 0 radical (unpaired) electrons. The van der Waals surface area contributed by atoms with Crippen molar-refractivity contribution in [2.45, 2.75) is 50.6 Å². The van der Waals surface area contributed by atoms with Crippen LogP contribution in [-0.2, 0) is 0 Å². The Kier molecular flexibility index (Phi) is 6.80. The number of nitrogens with one attached hydrogen (secondary N) is 2. The maximum atomic E-state index is 14.6. The van der Waals surface area contributed by atoms with Gasteiger partial charge >= 0.3 is 0 Å². The molecule has 1 atom stereocenters. The van der Waals surface area contributed by atoms with Gasteiger partial charge in [0, 0.05) is 61.6 Å². The summed E-state index contributed by atoms with van der Waals surface area (Å²) in [6.07, 6.45) is 11.2. The van der Waals surface area contributed by atoms with Crippen molar-refractivity contribution in [3.8, 4) is 11.5 Å². The molecule has 8 nitrogen and oxygen atoms in total. The summed E-state index contributed by atoms with van der Waals surface area (Å²) in [5.41, 5.74) is 1.90. The van der Waals surface area contributed by atoms with Crippen molar-refractivity contribution in [1.82, 2.24) is 25.2 Å². The molecule has 42 heavy (non-hydrogen) atoms. The number of aromatic nitrogens is 3. The summed E-state index contributed by atoms with van der Waals surface area (Å²) in [4.78, 5) is 29.4. The lowest BCUT2D eigenvalue weighted by molar-refractivity contribution is -0.0232. The summed E-state index contributed by atoms with van der Waals surface area (Å²) in [5, 5.41) is 3.59. The number of H-pyrrole nitrogens is 1. The minimum atomic E-state index is -0.763. The van der Waals surface area contributed by atoms with E-state index in [1.807, 2.05) is 24.4 Å². The molecular weight excluding hydrogens is 538 g/mol. The SMILES string of the molecule is CNC(=O)c1cnc(N2CCC3(CC2)CC(N2CCC[C@H]2c2cccc(F)c2F)C3)cc1Oc1cnc2[nH]ccc2c1. The molecule has 1 saturated carbocycles. The van der Waals surface area contributed by atoms with E-state index in [0.717, 1.165) is 75.0 Å². The van der Waals surface area contributed by atoms with Crippen LogP contribution < -0.4 is 15.0 Å². The van der Waals surface area contributed by atoms with Gasteiger partial charge in [-0.15, -0.1) is 0 Å². The number of pyridine rings is 2. The molecule has 0 bridgehead atoms. The first-order valence-corrected chi connectivity index (χ1v) is 14.7. The van der Waals surface area contributed by atoms with Crippen LogP contribution in [0.1, 0.15) is 60.5 Å². The van der Waals surface area contributed by atoms with E-state index < -0.39 is 11.6 Å². The van der Waals surface area contributed by atoms with Gasteiger partial charge < -0.3 is 19.9 Å². The van der Waals surface area contributed by atoms with Crippen LogP contribution in [0, 0.1) is 17.0 Å². The van der Waals surface area contributed by atoms with Crippen LogP contribution in [0.5, 0.6) is 11.5 Å². The summed E-state index contributed by atoms with van der Waals surface area (Å²) >= 11 is 0. The predicted molar refractivity (Wildman–Crippen MR) is 156 cm³/mol. The van der Waals surface area contributed by atoms with Gasteiger partial charge in [-0.1, -0.05) is 12.1 Å². The molecule has 3 aromatic heterocycles. The summed E-state index contributed by atoms with van der Waals surface area (Å²) in [7, 11) is 1.59. The molecule has 2 saturated heterocycles. The molecule has 1 amide bonds. The summed E-state index contributed by atoms with van der Waals surface area (Å²) in [5.74, 6) is 0.0268. The van der Waals surface area contributed by atoms with Crippen molar-refractivity contribution in [2.24, 2.45) is 5.41 Å². The Bertz CT molecular complexity index is 1620. The number of aromatic amines is 1. The number of hydrogen-bond acceptors (Lipinski definition) is 6. The quantitative estimate of drug-likeness (QED) is 0.296. The van der Waals surface area contributed by atoms with Gasteiger partial charge in [0.25, 0.3) is 5.91 Å². The standard InChI is InChI=1S/C32H34F2N6O2/c1-35-31(41)24-19-37-28(15-27(24)42-22-14-20-7-10-36-30(20)38-18-22)39-12-8-32(9-13-39)16-21(17-32)40-11-3-6-26(40)23-4-2-5-25(33)29(23)34/h2,4-5,7,10,14-15,18-19,21,26H,3,6,8-9,11-13,16-17H2,1H3,(H,35,41)(H,36,38)/t26-/m0/s1. The van der Waals surface area contributed by atoms with Crippen LogP contribution in [-0.4, -0.2) is 58.5 Å². The highest BCUT2D eigenvalue weighted by Gasteiger charge is 2.50. The number of carbonyl (C=O) groups excluding carboxylic acids is 1. The number of benzene rings is 1. The van der Waals surface area contributed by atoms with Gasteiger partial charge in [0.15, 0.2) is 11.6 Å². The Balaban J connectivity index is 1.03. The molecule has 1 spiro atoms. The molecule has 218 valence electrons. The lowest BCUT2D eigenvalue weighted by Crippen LogP contribution is -2.55. The zero-order valence-corrected chi connectivity index (χ0v) is 23.6. The molecule has 1 aromatic carbocycles. The number of carbonyl (C=O) groups is 1. The third-order valence-electron chi connectivity index (χ3n) is 9.52. The minimum absolute atomic E-state index is 0.0437. The lowest BCUT2D eigenvalue weighted by atomic mass is 9.60. The zero-order chi connectivity index (χ0) is 28.8. The normalized spacial score (nSPS) is 20.6. The van der Waals surface area contributed by atoms with Crippen LogP contribution in [0.4, 0.5) is 14.6 Å². The average Bonchev–Trinajstić information content (AvgIpc) is 3.67. The number of likely N-dealkylation sites (tertiary alicyclic amines) is 1. The van der Waals surface area contributed by atoms with Crippen molar-refractivity contribution in [1.29, 1.82) is 0 Å². The number of hydrogen-bond donors (Lipinski definition) is 2. The van der Waals surface area contributed by atoms with E-state index >= 15 is 0 Å². The van der Waals surface area contributed by atoms with Crippen LogP contribution in [0.15, 0.2) is 55.0 Å². The van der Waals surface area contributed by atoms with Gasteiger partial charge in [-0.05, 0) is 68.7 Å². The Morgan fingerprint density at radius 3 is 2.74 bits per heavy atom. The monoisotopic (exact) mass is 572 g/mol. The molecule has 5 heterocycles.